The Labute approximate surface area is 91.5 Å². The maximum Gasteiger partial charge on any atom is 0.315 e. The van der Waals surface area contributed by atoms with E-state index in [1.165, 1.54) is 11.3 Å². The molecular formula is C10H11ClO2S. The minimum Gasteiger partial charge on any atom is -0.481 e. The van der Waals surface area contributed by atoms with Crippen molar-refractivity contribution in [3.05, 3.63) is 21.3 Å². The summed E-state index contributed by atoms with van der Waals surface area (Å²) in [5.74, 6) is -0.758. The summed E-state index contributed by atoms with van der Waals surface area (Å²) in [6.07, 6.45) is 0.676. The Bertz CT molecular complexity index is 397. The molecule has 1 heterocycles. The Balaban J connectivity index is 2.52. The molecule has 2 nitrogen and oxygen atoms in total. The Morgan fingerprint density at radius 3 is 2.50 bits per heavy atom. The van der Waals surface area contributed by atoms with Crippen molar-refractivity contribution in [3.63, 3.8) is 0 Å². The summed E-state index contributed by atoms with van der Waals surface area (Å²) in [6.45, 7) is 3.94. The molecule has 1 N–H and O–H groups in total. The van der Waals surface area contributed by atoms with Crippen LogP contribution in [0.4, 0.5) is 0 Å². The van der Waals surface area contributed by atoms with Crippen LogP contribution in [0, 0.1) is 5.41 Å². The molecule has 0 saturated heterocycles. The summed E-state index contributed by atoms with van der Waals surface area (Å²) < 4.78 is 0. The normalized spacial score (nSPS) is 28.8. The summed E-state index contributed by atoms with van der Waals surface area (Å²) >= 11 is 7.42. The van der Waals surface area contributed by atoms with Crippen molar-refractivity contribution in [2.24, 2.45) is 5.41 Å². The molecule has 1 aliphatic carbocycles. The number of thiophene rings is 1. The molecule has 0 radical (unpaired) electrons. The monoisotopic (exact) mass is 230 g/mol. The van der Waals surface area contributed by atoms with E-state index in [0.717, 1.165) is 4.88 Å². The summed E-state index contributed by atoms with van der Waals surface area (Å²) in [4.78, 5) is 12.1. The lowest BCUT2D eigenvalue weighted by Gasteiger charge is -2.14. The smallest absolute Gasteiger partial charge is 0.315 e. The maximum atomic E-state index is 11.3. The molecule has 1 atom stereocenters. The highest BCUT2D eigenvalue weighted by atomic mass is 35.5. The Kier molecular flexibility index (Phi) is 1.95. The lowest BCUT2D eigenvalue weighted by atomic mass is 9.94. The van der Waals surface area contributed by atoms with E-state index >= 15 is 0 Å². The number of rotatable bonds is 2. The van der Waals surface area contributed by atoms with Gasteiger partial charge < -0.3 is 5.11 Å². The average molecular weight is 231 g/mol. The van der Waals surface area contributed by atoms with Crippen molar-refractivity contribution < 1.29 is 9.90 Å². The van der Waals surface area contributed by atoms with Gasteiger partial charge in [-0.05, 0) is 23.3 Å². The van der Waals surface area contributed by atoms with Crippen molar-refractivity contribution in [2.45, 2.75) is 25.7 Å². The van der Waals surface area contributed by atoms with Crippen molar-refractivity contribution in [2.75, 3.05) is 0 Å². The number of carboxylic acid groups (broad SMARTS) is 1. The van der Waals surface area contributed by atoms with Gasteiger partial charge in [0.2, 0.25) is 0 Å². The molecule has 1 aliphatic rings. The number of carbonyl (C=O) groups is 1. The van der Waals surface area contributed by atoms with Gasteiger partial charge in [0, 0.05) is 4.88 Å². The molecule has 76 valence electrons. The van der Waals surface area contributed by atoms with Gasteiger partial charge in [-0.25, -0.2) is 0 Å². The van der Waals surface area contributed by atoms with Crippen molar-refractivity contribution in [1.82, 2.24) is 0 Å². The first-order valence-electron chi connectivity index (χ1n) is 4.39. The lowest BCUT2D eigenvalue weighted by molar-refractivity contribution is -0.140. The van der Waals surface area contributed by atoms with Gasteiger partial charge in [-0.2, -0.15) is 0 Å². The van der Waals surface area contributed by atoms with Crippen LogP contribution in [0.15, 0.2) is 11.4 Å². The maximum absolute atomic E-state index is 11.3. The summed E-state index contributed by atoms with van der Waals surface area (Å²) in [7, 11) is 0. The molecule has 0 bridgehead atoms. The van der Waals surface area contributed by atoms with Crippen LogP contribution in [0.2, 0.25) is 5.02 Å². The van der Waals surface area contributed by atoms with E-state index in [-0.39, 0.29) is 5.41 Å². The SMILES string of the molecule is CC1(C)CC1(C(=O)O)c1sccc1Cl. The standard InChI is InChI=1S/C10H11ClO2S/c1-9(2)5-10(9,8(12)13)7-6(11)3-4-14-7/h3-4H,5H2,1-2H3,(H,12,13). The van der Waals surface area contributed by atoms with E-state index in [9.17, 15) is 9.90 Å². The van der Waals surface area contributed by atoms with E-state index in [0.29, 0.717) is 11.4 Å². The average Bonchev–Trinajstić information content (AvgIpc) is 2.44. The lowest BCUT2D eigenvalue weighted by Crippen LogP contribution is -2.24. The minimum atomic E-state index is -0.758. The second-order valence-corrected chi connectivity index (χ2v) is 5.69. The van der Waals surface area contributed by atoms with Gasteiger partial charge in [0.25, 0.3) is 0 Å². The van der Waals surface area contributed by atoms with Gasteiger partial charge >= 0.3 is 5.97 Å². The van der Waals surface area contributed by atoms with Crippen LogP contribution in [0.5, 0.6) is 0 Å². The van der Waals surface area contributed by atoms with Gasteiger partial charge in [0.1, 0.15) is 5.41 Å². The van der Waals surface area contributed by atoms with E-state index in [1.54, 1.807) is 6.07 Å². The van der Waals surface area contributed by atoms with Gasteiger partial charge in [0.05, 0.1) is 5.02 Å². The fourth-order valence-electron chi connectivity index (χ4n) is 2.07. The van der Waals surface area contributed by atoms with Crippen LogP contribution in [-0.2, 0) is 10.2 Å². The molecule has 14 heavy (non-hydrogen) atoms. The van der Waals surface area contributed by atoms with E-state index in [4.69, 9.17) is 11.6 Å². The second-order valence-electron chi connectivity index (χ2n) is 4.37. The van der Waals surface area contributed by atoms with E-state index in [2.05, 4.69) is 0 Å². The third-order valence-corrected chi connectivity index (χ3v) is 4.61. The van der Waals surface area contributed by atoms with Gasteiger partial charge in [-0.15, -0.1) is 11.3 Å². The van der Waals surface area contributed by atoms with Crippen molar-refractivity contribution >= 4 is 28.9 Å². The number of hydrogen-bond donors (Lipinski definition) is 1. The van der Waals surface area contributed by atoms with Crippen molar-refractivity contribution in [3.8, 4) is 0 Å². The Morgan fingerprint density at radius 1 is 1.64 bits per heavy atom. The van der Waals surface area contributed by atoms with Crippen LogP contribution in [-0.4, -0.2) is 11.1 Å². The highest BCUT2D eigenvalue weighted by molar-refractivity contribution is 7.11. The molecule has 0 spiro atoms. The predicted molar refractivity (Wildman–Crippen MR) is 57.0 cm³/mol. The predicted octanol–water partition coefficient (Wildman–Crippen LogP) is 3.15. The molecule has 1 aromatic heterocycles. The van der Waals surface area contributed by atoms with Crippen LogP contribution in [0.1, 0.15) is 25.1 Å². The highest BCUT2D eigenvalue weighted by Gasteiger charge is 2.69. The van der Waals surface area contributed by atoms with Crippen LogP contribution >= 0.6 is 22.9 Å². The molecule has 1 fully saturated rings. The Morgan fingerprint density at radius 2 is 2.21 bits per heavy atom. The number of carboxylic acids is 1. The first-order valence-corrected chi connectivity index (χ1v) is 5.64. The first kappa shape index (κ1) is 9.99. The molecule has 0 aliphatic heterocycles. The van der Waals surface area contributed by atoms with Gasteiger partial charge in [-0.3, -0.25) is 4.79 Å². The fraction of sp³-hybridized carbons (Fsp3) is 0.500. The van der Waals surface area contributed by atoms with Gasteiger partial charge in [-0.1, -0.05) is 25.4 Å². The van der Waals surface area contributed by atoms with Crippen LogP contribution in [0.3, 0.4) is 0 Å². The van der Waals surface area contributed by atoms with E-state index < -0.39 is 11.4 Å². The van der Waals surface area contributed by atoms with E-state index in [1.807, 2.05) is 19.2 Å². The molecular weight excluding hydrogens is 220 g/mol. The summed E-state index contributed by atoms with van der Waals surface area (Å²) in [6, 6.07) is 1.76. The Hall–Kier alpha value is -0.540. The molecule has 1 unspecified atom stereocenters. The number of hydrogen-bond acceptors (Lipinski definition) is 2. The van der Waals surface area contributed by atoms with Gasteiger partial charge in [0.15, 0.2) is 0 Å². The first-order chi connectivity index (χ1) is 6.42. The molecule has 1 aromatic rings. The zero-order chi connectivity index (χ0) is 10.6. The zero-order valence-corrected chi connectivity index (χ0v) is 9.58. The summed E-state index contributed by atoms with van der Waals surface area (Å²) in [5, 5.41) is 11.7. The van der Waals surface area contributed by atoms with Crippen LogP contribution < -0.4 is 0 Å². The summed E-state index contributed by atoms with van der Waals surface area (Å²) in [5.41, 5.74) is -0.911. The third-order valence-electron chi connectivity index (χ3n) is 3.11. The van der Waals surface area contributed by atoms with Crippen molar-refractivity contribution in [1.29, 1.82) is 0 Å². The topological polar surface area (TPSA) is 37.3 Å². The van der Waals surface area contributed by atoms with Crippen LogP contribution in [0.25, 0.3) is 0 Å². The largest absolute Gasteiger partial charge is 0.481 e. The minimum absolute atomic E-state index is 0.173. The molecule has 2 rings (SSSR count). The highest BCUT2D eigenvalue weighted by Crippen LogP contribution is 2.66. The molecule has 1 saturated carbocycles. The number of aliphatic carboxylic acids is 1. The quantitative estimate of drug-likeness (QED) is 0.848. The second kappa shape index (κ2) is 2.74. The number of halogens is 1. The fourth-order valence-corrected chi connectivity index (χ4v) is 3.66. The molecule has 0 amide bonds. The molecule has 4 heteroatoms. The third kappa shape index (κ3) is 1.06. The molecule has 0 aromatic carbocycles. The zero-order valence-electron chi connectivity index (χ0n) is 8.00.